The summed E-state index contributed by atoms with van der Waals surface area (Å²) in [6, 6.07) is 7.80. The van der Waals surface area contributed by atoms with Crippen molar-refractivity contribution < 1.29 is 0 Å². The van der Waals surface area contributed by atoms with Crippen LogP contribution in [0.15, 0.2) is 40.6 Å². The topological polar surface area (TPSA) is 38.5 Å². The Hall–Kier alpha value is -1.32. The Morgan fingerprint density at radius 3 is 2.65 bits per heavy atom. The zero-order chi connectivity index (χ0) is 11.7. The number of nitrogens with zero attached hydrogens (tertiary/aromatic N) is 2. The lowest BCUT2D eigenvalue weighted by Gasteiger charge is -2.05. The van der Waals surface area contributed by atoms with Gasteiger partial charge in [0.05, 0.1) is 11.4 Å². The molecule has 17 heavy (non-hydrogen) atoms. The summed E-state index contributed by atoms with van der Waals surface area (Å²) < 4.78 is 0. The van der Waals surface area contributed by atoms with Crippen LogP contribution < -0.4 is 10.7 Å². The van der Waals surface area contributed by atoms with E-state index in [9.17, 15) is 0 Å². The van der Waals surface area contributed by atoms with Crippen LogP contribution in [0.4, 0.5) is 0 Å². The predicted molar refractivity (Wildman–Crippen MR) is 69.3 cm³/mol. The van der Waals surface area contributed by atoms with Crippen molar-refractivity contribution in [2.45, 2.75) is 12.8 Å². The lowest BCUT2D eigenvalue weighted by atomic mass is 9.99. The van der Waals surface area contributed by atoms with Crippen LogP contribution in [0.5, 0.6) is 0 Å². The average molecular weight is 247 g/mol. The fraction of sp³-hybridized carbons (Fsp3) is 0.308. The molecule has 0 spiro atoms. The zero-order valence-electron chi connectivity index (χ0n) is 9.41. The van der Waals surface area contributed by atoms with E-state index < -0.39 is 0 Å². The van der Waals surface area contributed by atoms with E-state index in [1.165, 1.54) is 5.57 Å². The van der Waals surface area contributed by atoms with E-state index in [0.717, 1.165) is 47.9 Å². The molecule has 3 rings (SSSR count). The Bertz CT molecular complexity index is 488. The number of rotatable bonds is 1. The summed E-state index contributed by atoms with van der Waals surface area (Å²) in [5, 5.41) is 8.45. The molecule has 2 heterocycles. The van der Waals surface area contributed by atoms with Crippen molar-refractivity contribution in [1.29, 1.82) is 0 Å². The van der Waals surface area contributed by atoms with Crippen molar-refractivity contribution in [2.75, 3.05) is 13.1 Å². The van der Waals surface area contributed by atoms with Crippen LogP contribution in [-0.4, -0.2) is 18.8 Å². The number of halogens is 1. The minimum absolute atomic E-state index is 0.751. The minimum atomic E-state index is 0.751. The highest BCUT2D eigenvalue weighted by Crippen LogP contribution is 2.25. The summed E-state index contributed by atoms with van der Waals surface area (Å²) in [6.45, 7) is 1.99. The summed E-state index contributed by atoms with van der Waals surface area (Å²) in [4.78, 5) is 0. The molecule has 87 valence electrons. The molecule has 4 heteroatoms. The fourth-order valence-corrected chi connectivity index (χ4v) is 2.34. The molecule has 2 aliphatic heterocycles. The Balaban J connectivity index is 1.94. The molecule has 0 unspecified atom stereocenters. The van der Waals surface area contributed by atoms with Crippen LogP contribution in [0, 0.1) is 0 Å². The van der Waals surface area contributed by atoms with E-state index >= 15 is 0 Å². The van der Waals surface area contributed by atoms with Gasteiger partial charge in [0, 0.05) is 29.1 Å². The molecule has 1 aromatic rings. The Morgan fingerprint density at radius 1 is 1.06 bits per heavy atom. The van der Waals surface area contributed by atoms with Crippen molar-refractivity contribution in [2.24, 2.45) is 5.10 Å². The molecule has 0 bridgehead atoms. The lowest BCUT2D eigenvalue weighted by molar-refractivity contribution is 0.689. The minimum Gasteiger partial charge on any atom is -0.316 e. The van der Waals surface area contributed by atoms with E-state index in [1.54, 1.807) is 0 Å². The monoisotopic (exact) mass is 246 g/mol. The van der Waals surface area contributed by atoms with Gasteiger partial charge in [0.25, 0.3) is 0 Å². The number of hydrogen-bond donors (Lipinski definition) is 1. The van der Waals surface area contributed by atoms with Crippen LogP contribution in [0.3, 0.4) is 0 Å². The first-order valence-electron chi connectivity index (χ1n) is 5.82. The molecule has 1 N–H and O–H groups in total. The quantitative estimate of drug-likeness (QED) is 0.811. The SMILES string of the molecule is Clc1ccc(C2=N[N]C3=C2CCNCC3)cc1. The van der Waals surface area contributed by atoms with E-state index in [2.05, 4.69) is 15.8 Å². The second kappa shape index (κ2) is 4.51. The summed E-state index contributed by atoms with van der Waals surface area (Å²) in [6.07, 6.45) is 1.97. The Morgan fingerprint density at radius 2 is 1.82 bits per heavy atom. The van der Waals surface area contributed by atoms with E-state index in [1.807, 2.05) is 24.3 Å². The van der Waals surface area contributed by atoms with Crippen molar-refractivity contribution >= 4 is 17.3 Å². The van der Waals surface area contributed by atoms with Gasteiger partial charge in [-0.3, -0.25) is 0 Å². The van der Waals surface area contributed by atoms with Gasteiger partial charge in [0.1, 0.15) is 0 Å². The third kappa shape index (κ3) is 2.08. The molecule has 2 aliphatic rings. The van der Waals surface area contributed by atoms with Crippen LogP contribution in [0.1, 0.15) is 18.4 Å². The number of nitrogens with one attached hydrogen (secondary N) is 1. The van der Waals surface area contributed by atoms with Crippen LogP contribution >= 0.6 is 11.6 Å². The highest BCUT2D eigenvalue weighted by atomic mass is 35.5. The van der Waals surface area contributed by atoms with Gasteiger partial charge in [-0.2, -0.15) is 5.43 Å². The van der Waals surface area contributed by atoms with E-state index in [-0.39, 0.29) is 0 Å². The second-order valence-corrected chi connectivity index (χ2v) is 4.67. The van der Waals surface area contributed by atoms with Gasteiger partial charge < -0.3 is 5.32 Å². The average Bonchev–Trinajstić information content (AvgIpc) is 2.60. The van der Waals surface area contributed by atoms with Crippen LogP contribution in [0.2, 0.25) is 5.02 Å². The summed E-state index contributed by atoms with van der Waals surface area (Å²) in [5.74, 6) is 0. The standard InChI is InChI=1S/C13H13ClN3/c14-10-3-1-9(2-4-10)13-11-5-7-15-8-6-12(11)16-17-13/h1-4,15H,5-8H2. The molecule has 0 atom stereocenters. The van der Waals surface area contributed by atoms with Crippen LogP contribution in [-0.2, 0) is 0 Å². The number of benzene rings is 1. The normalized spacial score (nSPS) is 19.5. The second-order valence-electron chi connectivity index (χ2n) is 4.23. The van der Waals surface area contributed by atoms with Crippen molar-refractivity contribution in [3.63, 3.8) is 0 Å². The molecule has 0 aromatic heterocycles. The molecule has 3 nitrogen and oxygen atoms in total. The van der Waals surface area contributed by atoms with E-state index in [4.69, 9.17) is 11.6 Å². The predicted octanol–water partition coefficient (Wildman–Crippen LogP) is 2.30. The van der Waals surface area contributed by atoms with Gasteiger partial charge in [-0.1, -0.05) is 23.7 Å². The Labute approximate surface area is 106 Å². The molecular weight excluding hydrogens is 234 g/mol. The highest BCUT2D eigenvalue weighted by molar-refractivity contribution is 6.30. The summed E-state index contributed by atoms with van der Waals surface area (Å²) in [5.41, 5.74) is 8.84. The van der Waals surface area contributed by atoms with Gasteiger partial charge in [0.15, 0.2) is 0 Å². The van der Waals surface area contributed by atoms with Crippen molar-refractivity contribution in [1.82, 2.24) is 10.7 Å². The van der Waals surface area contributed by atoms with E-state index in [0.29, 0.717) is 0 Å². The first-order valence-corrected chi connectivity index (χ1v) is 6.20. The molecule has 0 saturated heterocycles. The first kappa shape index (κ1) is 10.8. The zero-order valence-corrected chi connectivity index (χ0v) is 10.2. The van der Waals surface area contributed by atoms with Crippen molar-refractivity contribution in [3.8, 4) is 0 Å². The smallest absolute Gasteiger partial charge is 0.0980 e. The molecular formula is C13H13ClN3. The van der Waals surface area contributed by atoms with Crippen LogP contribution in [0.25, 0.3) is 0 Å². The largest absolute Gasteiger partial charge is 0.316 e. The third-order valence-electron chi connectivity index (χ3n) is 3.11. The maximum Gasteiger partial charge on any atom is 0.0980 e. The maximum atomic E-state index is 5.90. The van der Waals surface area contributed by atoms with Crippen molar-refractivity contribution in [3.05, 3.63) is 46.1 Å². The summed E-state index contributed by atoms with van der Waals surface area (Å²) in [7, 11) is 0. The van der Waals surface area contributed by atoms with Gasteiger partial charge in [-0.15, -0.1) is 5.10 Å². The molecule has 0 aliphatic carbocycles. The number of hydrogen-bond acceptors (Lipinski definition) is 2. The van der Waals surface area contributed by atoms with Gasteiger partial charge in [0.2, 0.25) is 0 Å². The lowest BCUT2D eigenvalue weighted by Crippen LogP contribution is -2.16. The van der Waals surface area contributed by atoms with Gasteiger partial charge >= 0.3 is 0 Å². The maximum absolute atomic E-state index is 5.90. The third-order valence-corrected chi connectivity index (χ3v) is 3.36. The molecule has 1 aromatic carbocycles. The van der Waals surface area contributed by atoms with Gasteiger partial charge in [-0.05, 0) is 25.1 Å². The van der Waals surface area contributed by atoms with Gasteiger partial charge in [-0.25, -0.2) is 0 Å². The molecule has 0 fully saturated rings. The highest BCUT2D eigenvalue weighted by Gasteiger charge is 2.23. The molecule has 0 amide bonds. The Kier molecular flexibility index (Phi) is 2.87. The molecule has 1 radical (unpaired) electrons. The first-order chi connectivity index (χ1) is 8.34. The summed E-state index contributed by atoms with van der Waals surface area (Å²) >= 11 is 5.90. The fourth-order valence-electron chi connectivity index (χ4n) is 2.22. The molecule has 0 saturated carbocycles.